The van der Waals surface area contributed by atoms with Crippen molar-refractivity contribution in [3.8, 4) is 0 Å². The predicted octanol–water partition coefficient (Wildman–Crippen LogP) is 1.32. The van der Waals surface area contributed by atoms with Gasteiger partial charge in [0.15, 0.2) is 0 Å². The maximum atomic E-state index is 12.3. The van der Waals surface area contributed by atoms with E-state index >= 15 is 0 Å². The van der Waals surface area contributed by atoms with Gasteiger partial charge in [-0.2, -0.15) is 0 Å². The molecule has 0 aromatic carbocycles. The van der Waals surface area contributed by atoms with Crippen molar-refractivity contribution in [3.05, 3.63) is 0 Å². The molecule has 36 heavy (non-hydrogen) atoms. The minimum atomic E-state index is -0.631. The average Bonchev–Trinajstić information content (AvgIpc) is 3.26. The van der Waals surface area contributed by atoms with E-state index in [0.29, 0.717) is 13.0 Å². The van der Waals surface area contributed by atoms with Crippen molar-refractivity contribution < 1.29 is 38.2 Å². The topological polar surface area (TPSA) is 151 Å². The zero-order chi connectivity index (χ0) is 26.5. The molecule has 1 saturated carbocycles. The highest BCUT2D eigenvalue weighted by Gasteiger charge is 2.42. The van der Waals surface area contributed by atoms with Gasteiger partial charge in [-0.15, -0.1) is 0 Å². The number of hydrogen-bond acceptors (Lipinski definition) is 8. The van der Waals surface area contributed by atoms with E-state index < -0.39 is 12.2 Å². The molecular formula is C24H36N4O8. The van der Waals surface area contributed by atoms with Crippen LogP contribution in [0.25, 0.3) is 0 Å². The molecule has 2 atom stereocenters. The summed E-state index contributed by atoms with van der Waals surface area (Å²) in [5.41, 5.74) is -0.435. The summed E-state index contributed by atoms with van der Waals surface area (Å²) in [5.74, 6) is -1.01. The van der Waals surface area contributed by atoms with Gasteiger partial charge in [-0.25, -0.2) is 9.59 Å². The molecule has 0 aromatic rings. The van der Waals surface area contributed by atoms with Gasteiger partial charge >= 0.3 is 12.2 Å². The summed E-state index contributed by atoms with van der Waals surface area (Å²) < 4.78 is 10.3. The van der Waals surface area contributed by atoms with Crippen molar-refractivity contribution in [2.45, 2.75) is 71.8 Å². The molecule has 2 N–H and O–H groups in total. The standard InChI is InChI=1S/C24H36N4O8/c1-23(2)12-16(26-22(34)36-11-9-28-19(31)6-7-20(28)32)13-24(3,14-23)15-25-21(33)35-10-8-27-17(29)4-5-18(27)30/h16H,4-15H2,1-3H3,(H,25,33)(H,26,34). The predicted molar refractivity (Wildman–Crippen MR) is 125 cm³/mol. The molecule has 6 amide bonds. The molecule has 3 fully saturated rings. The number of imide groups is 2. The molecule has 12 nitrogen and oxygen atoms in total. The van der Waals surface area contributed by atoms with E-state index in [0.717, 1.165) is 22.6 Å². The lowest BCUT2D eigenvalue weighted by Crippen LogP contribution is -2.50. The first-order chi connectivity index (χ1) is 16.9. The number of alkyl carbamates (subject to hydrolysis) is 2. The summed E-state index contributed by atoms with van der Waals surface area (Å²) in [6.45, 7) is 6.49. The van der Waals surface area contributed by atoms with Crippen LogP contribution in [0.3, 0.4) is 0 Å². The Morgan fingerprint density at radius 2 is 1.28 bits per heavy atom. The number of nitrogens with one attached hydrogen (secondary N) is 2. The Hall–Kier alpha value is -3.18. The van der Waals surface area contributed by atoms with Crippen LogP contribution in [0.2, 0.25) is 0 Å². The number of hydrogen-bond donors (Lipinski definition) is 2. The van der Waals surface area contributed by atoms with Crippen LogP contribution in [0, 0.1) is 10.8 Å². The summed E-state index contributed by atoms with van der Waals surface area (Å²) in [7, 11) is 0. The van der Waals surface area contributed by atoms with E-state index in [4.69, 9.17) is 9.47 Å². The second-order valence-electron chi connectivity index (χ2n) is 10.9. The highest BCUT2D eigenvalue weighted by Crippen LogP contribution is 2.45. The maximum Gasteiger partial charge on any atom is 0.407 e. The first-order valence-corrected chi connectivity index (χ1v) is 12.4. The second-order valence-corrected chi connectivity index (χ2v) is 10.9. The number of ether oxygens (including phenoxy) is 2. The fourth-order valence-corrected chi connectivity index (χ4v) is 5.62. The summed E-state index contributed by atoms with van der Waals surface area (Å²) >= 11 is 0. The molecule has 0 radical (unpaired) electrons. The van der Waals surface area contributed by atoms with Crippen LogP contribution >= 0.6 is 0 Å². The maximum absolute atomic E-state index is 12.3. The lowest BCUT2D eigenvalue weighted by molar-refractivity contribution is -0.140. The summed E-state index contributed by atoms with van der Waals surface area (Å²) in [4.78, 5) is 73.3. The largest absolute Gasteiger partial charge is 0.448 e. The number of carbonyl (C=O) groups excluding carboxylic acids is 6. The molecule has 2 heterocycles. The van der Waals surface area contributed by atoms with E-state index in [1.807, 2.05) is 6.92 Å². The zero-order valence-corrected chi connectivity index (χ0v) is 21.2. The Kier molecular flexibility index (Phi) is 8.57. The third kappa shape index (κ3) is 7.41. The molecule has 2 unspecified atom stereocenters. The molecule has 12 heteroatoms. The second kappa shape index (κ2) is 11.3. The monoisotopic (exact) mass is 508 g/mol. The van der Waals surface area contributed by atoms with Crippen molar-refractivity contribution in [3.63, 3.8) is 0 Å². The van der Waals surface area contributed by atoms with E-state index in [1.54, 1.807) is 0 Å². The Bertz CT molecular complexity index is 888. The number of rotatable bonds is 9. The van der Waals surface area contributed by atoms with Gasteiger partial charge in [0.2, 0.25) is 23.6 Å². The fraction of sp³-hybridized carbons (Fsp3) is 0.750. The molecule has 3 rings (SSSR count). The molecule has 1 aliphatic carbocycles. The SMILES string of the molecule is CC1(C)CC(NC(=O)OCCN2C(=O)CCC2=O)CC(C)(CNC(=O)OCCN2C(=O)CCC2=O)C1. The zero-order valence-electron chi connectivity index (χ0n) is 21.2. The van der Waals surface area contributed by atoms with Crippen molar-refractivity contribution in [1.82, 2.24) is 20.4 Å². The van der Waals surface area contributed by atoms with Crippen molar-refractivity contribution in [2.75, 3.05) is 32.8 Å². The molecule has 0 aromatic heterocycles. The highest BCUT2D eigenvalue weighted by atomic mass is 16.6. The van der Waals surface area contributed by atoms with Gasteiger partial charge in [0.05, 0.1) is 13.1 Å². The Balaban J connectivity index is 1.41. The van der Waals surface area contributed by atoms with Gasteiger partial charge in [-0.1, -0.05) is 20.8 Å². The Morgan fingerprint density at radius 3 is 1.78 bits per heavy atom. The van der Waals surface area contributed by atoms with Crippen LogP contribution < -0.4 is 10.6 Å². The van der Waals surface area contributed by atoms with Crippen LogP contribution in [-0.4, -0.2) is 84.5 Å². The Labute approximate surface area is 210 Å². The van der Waals surface area contributed by atoms with Crippen LogP contribution in [0.4, 0.5) is 9.59 Å². The number of carbonyl (C=O) groups is 6. The highest BCUT2D eigenvalue weighted by molar-refractivity contribution is 6.02. The lowest BCUT2D eigenvalue weighted by Gasteiger charge is -2.46. The minimum absolute atomic E-state index is 0.0452. The average molecular weight is 509 g/mol. The molecule has 3 aliphatic rings. The van der Waals surface area contributed by atoms with Crippen LogP contribution in [0.5, 0.6) is 0 Å². The summed E-state index contributed by atoms with van der Waals surface area (Å²) in [5, 5.41) is 5.64. The Morgan fingerprint density at radius 1 is 0.806 bits per heavy atom. The van der Waals surface area contributed by atoms with E-state index in [2.05, 4.69) is 24.5 Å². The first-order valence-electron chi connectivity index (χ1n) is 12.4. The van der Waals surface area contributed by atoms with Crippen LogP contribution in [0.15, 0.2) is 0 Å². The van der Waals surface area contributed by atoms with Gasteiger partial charge in [0.1, 0.15) is 13.2 Å². The minimum Gasteiger partial charge on any atom is -0.448 e. The molecule has 0 bridgehead atoms. The van der Waals surface area contributed by atoms with Crippen molar-refractivity contribution in [2.24, 2.45) is 10.8 Å². The van der Waals surface area contributed by atoms with Crippen molar-refractivity contribution in [1.29, 1.82) is 0 Å². The molecular weight excluding hydrogens is 472 g/mol. The van der Waals surface area contributed by atoms with Gasteiger partial charge in [-0.05, 0) is 30.1 Å². The molecule has 200 valence electrons. The molecule has 2 aliphatic heterocycles. The smallest absolute Gasteiger partial charge is 0.407 e. The van der Waals surface area contributed by atoms with Gasteiger partial charge in [-0.3, -0.25) is 29.0 Å². The summed E-state index contributed by atoms with van der Waals surface area (Å²) in [6, 6.07) is -0.189. The van der Waals surface area contributed by atoms with Crippen LogP contribution in [0.1, 0.15) is 65.7 Å². The molecule has 2 saturated heterocycles. The number of amides is 6. The quantitative estimate of drug-likeness (QED) is 0.443. The fourth-order valence-electron chi connectivity index (χ4n) is 5.62. The third-order valence-electron chi connectivity index (χ3n) is 6.83. The van der Waals surface area contributed by atoms with E-state index in [-0.39, 0.29) is 92.5 Å². The molecule has 0 spiro atoms. The van der Waals surface area contributed by atoms with E-state index in [9.17, 15) is 28.8 Å². The lowest BCUT2D eigenvalue weighted by atomic mass is 9.62. The third-order valence-corrected chi connectivity index (χ3v) is 6.83. The summed E-state index contributed by atoms with van der Waals surface area (Å²) in [6.07, 6.45) is 1.67. The van der Waals surface area contributed by atoms with Gasteiger partial charge in [0.25, 0.3) is 0 Å². The number of nitrogens with zero attached hydrogens (tertiary/aromatic N) is 2. The van der Waals surface area contributed by atoms with Crippen LogP contribution in [-0.2, 0) is 28.7 Å². The van der Waals surface area contributed by atoms with Gasteiger partial charge in [0, 0.05) is 38.3 Å². The van der Waals surface area contributed by atoms with E-state index in [1.165, 1.54) is 0 Å². The number of likely N-dealkylation sites (tertiary alicyclic amines) is 2. The normalized spacial score (nSPS) is 25.8. The van der Waals surface area contributed by atoms with Gasteiger partial charge < -0.3 is 20.1 Å². The first kappa shape index (κ1) is 27.4. The van der Waals surface area contributed by atoms with Crippen molar-refractivity contribution >= 4 is 35.8 Å².